The number of amides is 1. The Kier molecular flexibility index (Phi) is 6.18. The van der Waals surface area contributed by atoms with Gasteiger partial charge in [0.2, 0.25) is 15.4 Å². The molecule has 0 aliphatic carbocycles. The second-order valence-electron chi connectivity index (χ2n) is 6.15. The van der Waals surface area contributed by atoms with Gasteiger partial charge in [-0.2, -0.15) is 4.72 Å². The molecule has 1 amide bonds. The van der Waals surface area contributed by atoms with Crippen LogP contribution in [0, 0.1) is 6.92 Å². The van der Waals surface area contributed by atoms with Gasteiger partial charge < -0.3 is 5.32 Å². The predicted octanol–water partition coefficient (Wildman–Crippen LogP) is 3.26. The van der Waals surface area contributed by atoms with Crippen LogP contribution in [-0.2, 0) is 14.8 Å². The number of anilines is 1. The fourth-order valence-corrected chi connectivity index (χ4v) is 4.75. The first-order valence-electron chi connectivity index (χ1n) is 8.66. The maximum Gasteiger partial charge on any atom is 0.270 e. The molecule has 0 aliphatic rings. The highest BCUT2D eigenvalue weighted by Crippen LogP contribution is 2.27. The molecular weight excluding hydrogens is 396 g/mol. The second kappa shape index (κ2) is 8.59. The molecule has 3 rings (SSSR count). The quantitative estimate of drug-likeness (QED) is 0.576. The van der Waals surface area contributed by atoms with Crippen molar-refractivity contribution in [2.75, 3.05) is 5.32 Å². The van der Waals surface area contributed by atoms with Crippen LogP contribution in [0.15, 0.2) is 58.9 Å². The van der Waals surface area contributed by atoms with Crippen LogP contribution in [0.1, 0.15) is 36.1 Å². The van der Waals surface area contributed by atoms with E-state index in [4.69, 9.17) is 0 Å². The summed E-state index contributed by atoms with van der Waals surface area (Å²) in [5, 5.41) is 10.2. The number of carbonyl (C=O) groups excluding carboxylic acids is 1. The van der Waals surface area contributed by atoms with E-state index in [1.165, 1.54) is 0 Å². The van der Waals surface area contributed by atoms with E-state index in [1.54, 1.807) is 6.92 Å². The lowest BCUT2D eigenvalue weighted by molar-refractivity contribution is -0.115. The zero-order valence-electron chi connectivity index (χ0n) is 15.4. The number of sulfonamides is 1. The van der Waals surface area contributed by atoms with E-state index in [1.807, 2.05) is 61.5 Å². The van der Waals surface area contributed by atoms with Crippen molar-refractivity contribution in [3.63, 3.8) is 0 Å². The van der Waals surface area contributed by atoms with Gasteiger partial charge in [0.05, 0.1) is 6.04 Å². The van der Waals surface area contributed by atoms with Crippen molar-refractivity contribution in [3.8, 4) is 0 Å². The predicted molar refractivity (Wildman–Crippen MR) is 109 cm³/mol. The standard InChI is InChI=1S/C19H20N4O3S2/c1-3-16(24)20-18-21-22-19(27-18)28(25,26)23-17(14-9-5-4-6-10-14)15-11-7-8-13(2)12-15/h4-12,17,23H,3H2,1-2H3,(H,20,21,24). The highest BCUT2D eigenvalue weighted by Gasteiger charge is 2.26. The zero-order valence-corrected chi connectivity index (χ0v) is 17.0. The van der Waals surface area contributed by atoms with Crippen molar-refractivity contribution in [2.24, 2.45) is 0 Å². The van der Waals surface area contributed by atoms with Gasteiger partial charge in [-0.05, 0) is 18.1 Å². The molecule has 1 aromatic heterocycles. The van der Waals surface area contributed by atoms with E-state index in [0.29, 0.717) is 0 Å². The van der Waals surface area contributed by atoms with Crippen LogP contribution in [0.2, 0.25) is 0 Å². The summed E-state index contributed by atoms with van der Waals surface area (Å²) in [4.78, 5) is 11.5. The van der Waals surface area contributed by atoms with Gasteiger partial charge in [0.1, 0.15) is 0 Å². The van der Waals surface area contributed by atoms with E-state index < -0.39 is 16.1 Å². The van der Waals surface area contributed by atoms with Crippen molar-refractivity contribution in [1.82, 2.24) is 14.9 Å². The molecule has 9 heteroatoms. The van der Waals surface area contributed by atoms with Crippen molar-refractivity contribution in [2.45, 2.75) is 30.6 Å². The highest BCUT2D eigenvalue weighted by molar-refractivity contribution is 7.91. The first kappa shape index (κ1) is 20.1. The molecule has 2 N–H and O–H groups in total. The van der Waals surface area contributed by atoms with Gasteiger partial charge in [-0.15, -0.1) is 10.2 Å². The topological polar surface area (TPSA) is 101 Å². The summed E-state index contributed by atoms with van der Waals surface area (Å²) in [5.74, 6) is -0.255. The lowest BCUT2D eigenvalue weighted by atomic mass is 9.98. The maximum atomic E-state index is 12.9. The first-order valence-corrected chi connectivity index (χ1v) is 11.0. The summed E-state index contributed by atoms with van der Waals surface area (Å²) in [6.07, 6.45) is 0.267. The molecule has 1 unspecified atom stereocenters. The second-order valence-corrected chi connectivity index (χ2v) is 9.02. The number of aryl methyl sites for hydroxylation is 1. The average molecular weight is 417 g/mol. The van der Waals surface area contributed by atoms with Gasteiger partial charge in [0.25, 0.3) is 10.0 Å². The van der Waals surface area contributed by atoms with Crippen molar-refractivity contribution < 1.29 is 13.2 Å². The number of nitrogens with one attached hydrogen (secondary N) is 2. The van der Waals surface area contributed by atoms with Crippen LogP contribution in [-0.4, -0.2) is 24.5 Å². The van der Waals surface area contributed by atoms with Gasteiger partial charge in [-0.1, -0.05) is 78.4 Å². The van der Waals surface area contributed by atoms with Crippen LogP contribution in [0.25, 0.3) is 0 Å². The molecule has 0 aliphatic heterocycles. The van der Waals surface area contributed by atoms with Gasteiger partial charge >= 0.3 is 0 Å². The maximum absolute atomic E-state index is 12.9. The summed E-state index contributed by atoms with van der Waals surface area (Å²) in [6, 6.07) is 16.4. The van der Waals surface area contributed by atoms with Crippen LogP contribution in [0.3, 0.4) is 0 Å². The number of benzene rings is 2. The lowest BCUT2D eigenvalue weighted by Crippen LogP contribution is -2.29. The molecule has 0 fully saturated rings. The molecule has 3 aromatic rings. The number of hydrogen-bond acceptors (Lipinski definition) is 6. The van der Waals surface area contributed by atoms with Gasteiger partial charge in [0, 0.05) is 6.42 Å². The normalized spacial score (nSPS) is 12.5. The average Bonchev–Trinajstić information content (AvgIpc) is 3.16. The molecule has 2 aromatic carbocycles. The molecule has 0 spiro atoms. The minimum Gasteiger partial charge on any atom is -0.301 e. The molecule has 146 valence electrons. The number of nitrogens with zero attached hydrogens (tertiary/aromatic N) is 2. The fraction of sp³-hybridized carbons (Fsp3) is 0.211. The third-order valence-corrected chi connectivity index (χ3v) is 6.61. The van der Waals surface area contributed by atoms with E-state index in [0.717, 1.165) is 28.0 Å². The smallest absolute Gasteiger partial charge is 0.270 e. The molecule has 0 saturated heterocycles. The zero-order chi connectivity index (χ0) is 20.1. The number of aromatic nitrogens is 2. The molecular formula is C19H20N4O3S2. The summed E-state index contributed by atoms with van der Waals surface area (Å²) in [6.45, 7) is 3.65. The largest absolute Gasteiger partial charge is 0.301 e. The molecule has 1 heterocycles. The number of hydrogen-bond donors (Lipinski definition) is 2. The van der Waals surface area contributed by atoms with Gasteiger partial charge in [-0.25, -0.2) is 8.42 Å². The Balaban J connectivity index is 1.93. The third kappa shape index (κ3) is 4.80. The monoisotopic (exact) mass is 416 g/mol. The summed E-state index contributed by atoms with van der Waals surface area (Å²) >= 11 is 0.814. The molecule has 28 heavy (non-hydrogen) atoms. The first-order chi connectivity index (χ1) is 13.4. The van der Waals surface area contributed by atoms with Gasteiger partial charge in [0.15, 0.2) is 0 Å². The molecule has 0 radical (unpaired) electrons. The third-order valence-electron chi connectivity index (χ3n) is 3.99. The van der Waals surface area contributed by atoms with E-state index in [-0.39, 0.29) is 21.8 Å². The molecule has 0 bridgehead atoms. The number of rotatable bonds is 7. The fourth-order valence-electron chi connectivity index (χ4n) is 2.61. The van der Waals surface area contributed by atoms with Crippen LogP contribution >= 0.6 is 11.3 Å². The SMILES string of the molecule is CCC(=O)Nc1nnc(S(=O)(=O)NC(c2ccccc2)c2cccc(C)c2)s1. The van der Waals surface area contributed by atoms with E-state index >= 15 is 0 Å². The van der Waals surface area contributed by atoms with Crippen molar-refractivity contribution in [3.05, 3.63) is 71.3 Å². The number of carbonyl (C=O) groups is 1. The molecule has 0 saturated carbocycles. The van der Waals surface area contributed by atoms with Crippen molar-refractivity contribution in [1.29, 1.82) is 0 Å². The Morgan fingerprint density at radius 3 is 2.46 bits per heavy atom. The highest BCUT2D eigenvalue weighted by atomic mass is 32.2. The lowest BCUT2D eigenvalue weighted by Gasteiger charge is -2.19. The Hall–Kier alpha value is -2.62. The Labute approximate surface area is 167 Å². The summed E-state index contributed by atoms with van der Waals surface area (Å²) in [7, 11) is -3.95. The molecule has 7 nitrogen and oxygen atoms in total. The Morgan fingerprint density at radius 1 is 1.07 bits per heavy atom. The minimum atomic E-state index is -3.95. The van der Waals surface area contributed by atoms with E-state index in [2.05, 4.69) is 20.2 Å². The molecule has 1 atom stereocenters. The van der Waals surface area contributed by atoms with Crippen LogP contribution in [0.4, 0.5) is 5.13 Å². The summed E-state index contributed by atoms with van der Waals surface area (Å²) < 4.78 is 28.4. The summed E-state index contributed by atoms with van der Waals surface area (Å²) in [5.41, 5.74) is 2.65. The Morgan fingerprint density at radius 2 is 1.79 bits per heavy atom. The minimum absolute atomic E-state index is 0.152. The van der Waals surface area contributed by atoms with Crippen molar-refractivity contribution >= 4 is 32.4 Å². The van der Waals surface area contributed by atoms with E-state index in [9.17, 15) is 13.2 Å². The Bertz CT molecular complexity index is 1070. The van der Waals surface area contributed by atoms with Gasteiger partial charge in [-0.3, -0.25) is 4.79 Å². The van der Waals surface area contributed by atoms with Crippen LogP contribution in [0.5, 0.6) is 0 Å². The van der Waals surface area contributed by atoms with Crippen LogP contribution < -0.4 is 10.0 Å².